The summed E-state index contributed by atoms with van der Waals surface area (Å²) in [7, 11) is 0. The molecule has 0 amide bonds. The van der Waals surface area contributed by atoms with Crippen LogP contribution in [0.25, 0.3) is 11.4 Å². The van der Waals surface area contributed by atoms with E-state index in [1.165, 1.54) is 24.0 Å². The highest BCUT2D eigenvalue weighted by Gasteiger charge is 2.29. The lowest BCUT2D eigenvalue weighted by molar-refractivity contribution is 0.717. The molecule has 1 aliphatic carbocycles. The molecule has 0 bridgehead atoms. The summed E-state index contributed by atoms with van der Waals surface area (Å²) in [6.45, 7) is 6.22. The van der Waals surface area contributed by atoms with E-state index in [2.05, 4.69) is 28.6 Å². The fourth-order valence-electron chi connectivity index (χ4n) is 2.44. The first-order chi connectivity index (χ1) is 8.58. The summed E-state index contributed by atoms with van der Waals surface area (Å²) in [4.78, 5) is 0. The topological polar surface area (TPSA) is 56.7 Å². The molecule has 1 saturated carbocycles. The van der Waals surface area contributed by atoms with Crippen molar-refractivity contribution >= 4 is 5.69 Å². The second kappa shape index (κ2) is 3.83. The van der Waals surface area contributed by atoms with Crippen LogP contribution in [0.15, 0.2) is 12.1 Å². The van der Waals surface area contributed by atoms with Crippen LogP contribution in [0.4, 0.5) is 5.69 Å². The third-order valence-corrected chi connectivity index (χ3v) is 3.71. The van der Waals surface area contributed by atoms with Crippen molar-refractivity contribution in [2.75, 3.05) is 5.73 Å². The van der Waals surface area contributed by atoms with Crippen LogP contribution in [0.5, 0.6) is 0 Å². The number of nitrogen functional groups attached to an aromatic ring is 1. The van der Waals surface area contributed by atoms with Gasteiger partial charge >= 0.3 is 0 Å². The molecule has 0 saturated heterocycles. The minimum absolute atomic E-state index is 0.580. The normalized spacial score (nSPS) is 15.1. The Labute approximate surface area is 107 Å². The monoisotopic (exact) mass is 242 g/mol. The first-order valence-corrected chi connectivity index (χ1v) is 6.36. The predicted octanol–water partition coefficient (Wildman–Crippen LogP) is 2.79. The van der Waals surface area contributed by atoms with Gasteiger partial charge in [-0.05, 0) is 56.9 Å². The molecule has 1 fully saturated rings. The molecule has 0 atom stereocenters. The summed E-state index contributed by atoms with van der Waals surface area (Å²) in [5.41, 5.74) is 10.3. The van der Waals surface area contributed by atoms with Crippen molar-refractivity contribution in [3.63, 3.8) is 0 Å². The zero-order valence-corrected chi connectivity index (χ0v) is 11.1. The fourth-order valence-corrected chi connectivity index (χ4v) is 2.44. The molecule has 1 aromatic carbocycles. The van der Waals surface area contributed by atoms with Crippen molar-refractivity contribution in [2.24, 2.45) is 0 Å². The van der Waals surface area contributed by atoms with E-state index in [0.717, 1.165) is 22.9 Å². The van der Waals surface area contributed by atoms with Gasteiger partial charge in [0.2, 0.25) is 0 Å². The summed E-state index contributed by atoms with van der Waals surface area (Å²) in [5.74, 6) is 1.95. The Kier molecular flexibility index (Phi) is 2.40. The van der Waals surface area contributed by atoms with Crippen LogP contribution >= 0.6 is 0 Å². The second-order valence-electron chi connectivity index (χ2n) is 5.18. The Balaban J connectivity index is 2.21. The van der Waals surface area contributed by atoms with Crippen molar-refractivity contribution in [3.05, 3.63) is 29.1 Å². The molecule has 0 aliphatic heterocycles. The van der Waals surface area contributed by atoms with E-state index in [9.17, 15) is 0 Å². The third-order valence-electron chi connectivity index (χ3n) is 3.71. The van der Waals surface area contributed by atoms with Gasteiger partial charge in [-0.3, -0.25) is 0 Å². The largest absolute Gasteiger partial charge is 0.399 e. The molecule has 4 nitrogen and oxygen atoms in total. The number of nitrogens with zero attached hydrogens (tertiary/aromatic N) is 3. The van der Waals surface area contributed by atoms with Gasteiger partial charge in [-0.2, -0.15) is 0 Å². The average molecular weight is 242 g/mol. The van der Waals surface area contributed by atoms with Crippen molar-refractivity contribution < 1.29 is 0 Å². The van der Waals surface area contributed by atoms with Crippen LogP contribution in [-0.4, -0.2) is 14.8 Å². The van der Waals surface area contributed by atoms with Crippen LogP contribution in [0.3, 0.4) is 0 Å². The predicted molar refractivity (Wildman–Crippen MR) is 72.4 cm³/mol. The number of aromatic nitrogens is 3. The smallest absolute Gasteiger partial charge is 0.164 e. The number of rotatable bonds is 2. The molecule has 0 spiro atoms. The van der Waals surface area contributed by atoms with Crippen LogP contribution in [0.2, 0.25) is 0 Å². The standard InChI is InChI=1S/C14H18N4/c1-8-6-11(15)7-13(9(8)2)14-17-16-10(3)18(14)12-4-5-12/h6-7,12H,4-5,15H2,1-3H3. The van der Waals surface area contributed by atoms with Gasteiger partial charge < -0.3 is 10.3 Å². The van der Waals surface area contributed by atoms with Crippen LogP contribution < -0.4 is 5.73 Å². The SMILES string of the molecule is Cc1cc(N)cc(-c2nnc(C)n2C2CC2)c1C. The average Bonchev–Trinajstić information content (AvgIpc) is 3.08. The first-order valence-electron chi connectivity index (χ1n) is 6.36. The first kappa shape index (κ1) is 11.3. The Morgan fingerprint density at radius 1 is 1.17 bits per heavy atom. The van der Waals surface area contributed by atoms with Gasteiger partial charge in [0.15, 0.2) is 5.82 Å². The molecule has 18 heavy (non-hydrogen) atoms. The summed E-state index contributed by atoms with van der Waals surface area (Å²) in [6.07, 6.45) is 2.46. The van der Waals surface area contributed by atoms with Crippen molar-refractivity contribution in [3.8, 4) is 11.4 Å². The molecule has 2 N–H and O–H groups in total. The maximum absolute atomic E-state index is 5.96. The van der Waals surface area contributed by atoms with E-state index in [-0.39, 0.29) is 0 Å². The van der Waals surface area contributed by atoms with E-state index >= 15 is 0 Å². The van der Waals surface area contributed by atoms with Gasteiger partial charge in [0, 0.05) is 17.3 Å². The maximum Gasteiger partial charge on any atom is 0.164 e. The third kappa shape index (κ3) is 1.68. The number of hydrogen-bond donors (Lipinski definition) is 1. The van der Waals surface area contributed by atoms with E-state index in [1.54, 1.807) is 0 Å². The fraction of sp³-hybridized carbons (Fsp3) is 0.429. The lowest BCUT2D eigenvalue weighted by Crippen LogP contribution is -2.02. The summed E-state index contributed by atoms with van der Waals surface area (Å²) < 4.78 is 2.25. The molecular weight excluding hydrogens is 224 g/mol. The second-order valence-corrected chi connectivity index (χ2v) is 5.18. The lowest BCUT2D eigenvalue weighted by Gasteiger charge is -2.12. The quantitative estimate of drug-likeness (QED) is 0.824. The molecule has 1 aliphatic rings. The van der Waals surface area contributed by atoms with Crippen molar-refractivity contribution in [2.45, 2.75) is 39.7 Å². The molecule has 1 aromatic heterocycles. The minimum atomic E-state index is 0.580. The minimum Gasteiger partial charge on any atom is -0.399 e. The van der Waals surface area contributed by atoms with Crippen molar-refractivity contribution in [1.82, 2.24) is 14.8 Å². The molecule has 0 unspecified atom stereocenters. The number of benzene rings is 1. The molecule has 94 valence electrons. The maximum atomic E-state index is 5.96. The van der Waals surface area contributed by atoms with E-state index < -0.39 is 0 Å². The van der Waals surface area contributed by atoms with Gasteiger partial charge in [0.25, 0.3) is 0 Å². The molecule has 0 radical (unpaired) electrons. The summed E-state index contributed by atoms with van der Waals surface area (Å²) in [6, 6.07) is 4.59. The summed E-state index contributed by atoms with van der Waals surface area (Å²) in [5, 5.41) is 8.57. The zero-order valence-electron chi connectivity index (χ0n) is 11.1. The number of aryl methyl sites for hydroxylation is 2. The Morgan fingerprint density at radius 2 is 1.89 bits per heavy atom. The van der Waals surface area contributed by atoms with Gasteiger partial charge in [0.1, 0.15) is 5.82 Å². The van der Waals surface area contributed by atoms with E-state index in [1.807, 2.05) is 19.1 Å². The van der Waals surface area contributed by atoms with Gasteiger partial charge in [0.05, 0.1) is 0 Å². The number of hydrogen-bond acceptors (Lipinski definition) is 3. The molecule has 3 rings (SSSR count). The van der Waals surface area contributed by atoms with Gasteiger partial charge in [-0.25, -0.2) is 0 Å². The van der Waals surface area contributed by atoms with E-state index in [0.29, 0.717) is 6.04 Å². The molecule has 1 heterocycles. The van der Waals surface area contributed by atoms with Gasteiger partial charge in [-0.1, -0.05) is 0 Å². The van der Waals surface area contributed by atoms with Crippen LogP contribution in [-0.2, 0) is 0 Å². The Hall–Kier alpha value is -1.84. The lowest BCUT2D eigenvalue weighted by atomic mass is 10.0. The Bertz CT molecular complexity index is 608. The molecular formula is C14H18N4. The highest BCUT2D eigenvalue weighted by atomic mass is 15.3. The molecule has 4 heteroatoms. The number of nitrogens with two attached hydrogens (primary N) is 1. The summed E-state index contributed by atoms with van der Waals surface area (Å²) >= 11 is 0. The van der Waals surface area contributed by atoms with E-state index in [4.69, 9.17) is 5.73 Å². The van der Waals surface area contributed by atoms with Crippen LogP contribution in [0.1, 0.15) is 35.8 Å². The molecule has 2 aromatic rings. The Morgan fingerprint density at radius 3 is 2.56 bits per heavy atom. The zero-order chi connectivity index (χ0) is 12.9. The van der Waals surface area contributed by atoms with Crippen LogP contribution in [0, 0.1) is 20.8 Å². The van der Waals surface area contributed by atoms with Gasteiger partial charge in [-0.15, -0.1) is 10.2 Å². The number of anilines is 1. The highest BCUT2D eigenvalue weighted by Crippen LogP contribution is 2.39. The van der Waals surface area contributed by atoms with Crippen molar-refractivity contribution in [1.29, 1.82) is 0 Å². The highest BCUT2D eigenvalue weighted by molar-refractivity contribution is 5.68.